The monoisotopic (exact) mass is 379 g/mol. The normalized spacial score (nSPS) is 11.3. The number of aromatic nitrogens is 2. The van der Waals surface area contributed by atoms with Gasteiger partial charge in [0.15, 0.2) is 0 Å². The lowest BCUT2D eigenvalue weighted by atomic mass is 10.1. The second-order valence-electron chi connectivity index (χ2n) is 5.93. The van der Waals surface area contributed by atoms with E-state index in [4.69, 9.17) is 9.47 Å². The Balaban J connectivity index is 1.98. The molecule has 2 aromatic carbocycles. The van der Waals surface area contributed by atoms with Gasteiger partial charge in [0.25, 0.3) is 0 Å². The van der Waals surface area contributed by atoms with Crippen LogP contribution in [0, 0.1) is 0 Å². The van der Waals surface area contributed by atoms with Crippen molar-refractivity contribution in [2.45, 2.75) is 13.5 Å². The first-order chi connectivity index (χ1) is 13.7. The topological polar surface area (TPSA) is 85.9 Å². The second-order valence-corrected chi connectivity index (χ2v) is 5.93. The summed E-state index contributed by atoms with van der Waals surface area (Å²) < 4.78 is 11.8. The molecule has 0 saturated heterocycles. The summed E-state index contributed by atoms with van der Waals surface area (Å²) in [5.74, 6) is 0.243. The Labute approximate surface area is 162 Å². The maximum absolute atomic E-state index is 12.4. The molecule has 0 aliphatic heterocycles. The van der Waals surface area contributed by atoms with Crippen LogP contribution < -0.4 is 4.74 Å². The van der Waals surface area contributed by atoms with E-state index < -0.39 is 5.97 Å². The highest BCUT2D eigenvalue weighted by Gasteiger charge is 2.19. The predicted octanol–water partition coefficient (Wildman–Crippen LogP) is 3.61. The fraction of sp³-hybridized carbons (Fsp3) is 0.190. The maximum Gasteiger partial charge on any atom is 0.356 e. The molecule has 0 amide bonds. The van der Waals surface area contributed by atoms with Crippen LogP contribution in [0.25, 0.3) is 11.3 Å². The molecule has 1 N–H and O–H groups in total. The highest BCUT2D eigenvalue weighted by molar-refractivity contribution is 6.00. The number of benzene rings is 2. The van der Waals surface area contributed by atoms with Crippen molar-refractivity contribution in [2.75, 3.05) is 13.7 Å². The van der Waals surface area contributed by atoms with Crippen molar-refractivity contribution >= 4 is 11.7 Å². The summed E-state index contributed by atoms with van der Waals surface area (Å²) in [6.45, 7) is 2.11. The van der Waals surface area contributed by atoms with Crippen molar-refractivity contribution in [3.63, 3.8) is 0 Å². The van der Waals surface area contributed by atoms with Gasteiger partial charge in [-0.25, -0.2) is 4.79 Å². The van der Waals surface area contributed by atoms with Crippen LogP contribution in [-0.4, -0.2) is 40.4 Å². The molecule has 3 aromatic rings. The van der Waals surface area contributed by atoms with Crippen molar-refractivity contribution in [3.8, 4) is 17.0 Å². The maximum atomic E-state index is 12.4. The number of esters is 1. The van der Waals surface area contributed by atoms with Gasteiger partial charge >= 0.3 is 5.97 Å². The number of ether oxygens (including phenoxy) is 2. The first kappa shape index (κ1) is 19.2. The first-order valence-corrected chi connectivity index (χ1v) is 8.82. The van der Waals surface area contributed by atoms with Crippen molar-refractivity contribution in [1.29, 1.82) is 0 Å². The number of rotatable bonds is 7. The highest BCUT2D eigenvalue weighted by Crippen LogP contribution is 2.23. The molecule has 0 fully saturated rings. The number of hydrogen-bond acceptors (Lipinski definition) is 6. The number of nitrogens with zero attached hydrogens (tertiary/aromatic N) is 3. The van der Waals surface area contributed by atoms with Crippen molar-refractivity contribution in [1.82, 2.24) is 9.78 Å². The average Bonchev–Trinajstić information content (AvgIpc) is 3.17. The van der Waals surface area contributed by atoms with Gasteiger partial charge in [-0.3, -0.25) is 4.68 Å². The first-order valence-electron chi connectivity index (χ1n) is 8.82. The van der Waals surface area contributed by atoms with Gasteiger partial charge in [-0.15, -0.1) is 0 Å². The van der Waals surface area contributed by atoms with E-state index in [1.54, 1.807) is 20.1 Å². The van der Waals surface area contributed by atoms with E-state index in [-0.39, 0.29) is 18.8 Å². The van der Waals surface area contributed by atoms with Crippen LogP contribution in [0.3, 0.4) is 0 Å². The molecule has 3 rings (SSSR count). The molecule has 0 radical (unpaired) electrons. The van der Waals surface area contributed by atoms with Gasteiger partial charge in [0, 0.05) is 11.1 Å². The molecule has 0 atom stereocenters. The standard InChI is InChI=1S/C21H21N3O4/c1-3-28-21(25)20-13-18(16-9-11-17(27-2)12-10-16)22-24(20)14-19(23-26)15-7-5-4-6-8-15/h4-13,26H,3,14H2,1-2H3/b23-19-. The van der Waals surface area contributed by atoms with Crippen LogP contribution >= 0.6 is 0 Å². The Hall–Kier alpha value is -3.61. The zero-order chi connectivity index (χ0) is 19.9. The molecule has 1 aromatic heterocycles. The number of oxime groups is 1. The molecule has 7 nitrogen and oxygen atoms in total. The minimum absolute atomic E-state index is 0.116. The number of methoxy groups -OCH3 is 1. The Morgan fingerprint density at radius 1 is 1.14 bits per heavy atom. The van der Waals surface area contributed by atoms with Gasteiger partial charge < -0.3 is 14.7 Å². The van der Waals surface area contributed by atoms with E-state index in [0.29, 0.717) is 11.4 Å². The van der Waals surface area contributed by atoms with Gasteiger partial charge in [0.05, 0.1) is 26.0 Å². The smallest absolute Gasteiger partial charge is 0.356 e. The zero-order valence-corrected chi connectivity index (χ0v) is 15.7. The molecule has 0 bridgehead atoms. The second kappa shape index (κ2) is 8.85. The SMILES string of the molecule is CCOC(=O)c1cc(-c2ccc(OC)cc2)nn1C/C(=N/O)c1ccccc1. The van der Waals surface area contributed by atoms with Gasteiger partial charge in [-0.1, -0.05) is 35.5 Å². The van der Waals surface area contributed by atoms with Crippen LogP contribution in [0.15, 0.2) is 65.8 Å². The molecule has 0 spiro atoms. The molecule has 144 valence electrons. The Kier molecular flexibility index (Phi) is 6.06. The summed E-state index contributed by atoms with van der Waals surface area (Å²) in [5, 5.41) is 17.4. The minimum atomic E-state index is -0.486. The van der Waals surface area contributed by atoms with Crippen LogP contribution in [0.4, 0.5) is 0 Å². The predicted molar refractivity (Wildman–Crippen MR) is 105 cm³/mol. The lowest BCUT2D eigenvalue weighted by molar-refractivity contribution is 0.0513. The van der Waals surface area contributed by atoms with Crippen LogP contribution in [-0.2, 0) is 11.3 Å². The Morgan fingerprint density at radius 2 is 1.86 bits per heavy atom. The molecular formula is C21H21N3O4. The van der Waals surface area contributed by atoms with E-state index in [2.05, 4.69) is 10.3 Å². The molecule has 28 heavy (non-hydrogen) atoms. The van der Waals surface area contributed by atoms with Crippen LogP contribution in [0.5, 0.6) is 5.75 Å². The fourth-order valence-corrected chi connectivity index (χ4v) is 2.76. The van der Waals surface area contributed by atoms with Gasteiger partial charge in [-0.05, 0) is 37.3 Å². The van der Waals surface area contributed by atoms with Crippen molar-refractivity contribution < 1.29 is 19.5 Å². The number of carbonyl (C=O) groups is 1. The summed E-state index contributed by atoms with van der Waals surface area (Å²) in [6.07, 6.45) is 0. The minimum Gasteiger partial charge on any atom is -0.497 e. The molecular weight excluding hydrogens is 358 g/mol. The molecule has 0 aliphatic rings. The summed E-state index contributed by atoms with van der Waals surface area (Å²) in [4.78, 5) is 12.4. The summed E-state index contributed by atoms with van der Waals surface area (Å²) in [5.41, 5.74) is 2.84. The van der Waals surface area contributed by atoms with Crippen LogP contribution in [0.2, 0.25) is 0 Å². The number of carbonyl (C=O) groups excluding carboxylic acids is 1. The Bertz CT molecular complexity index is 963. The molecule has 7 heteroatoms. The lowest BCUT2D eigenvalue weighted by Crippen LogP contribution is -2.19. The van der Waals surface area contributed by atoms with Crippen molar-refractivity contribution in [2.24, 2.45) is 5.16 Å². The quantitative estimate of drug-likeness (QED) is 0.293. The van der Waals surface area contributed by atoms with Gasteiger partial charge in [-0.2, -0.15) is 5.10 Å². The van der Waals surface area contributed by atoms with E-state index >= 15 is 0 Å². The molecule has 0 aliphatic carbocycles. The van der Waals surface area contributed by atoms with E-state index in [9.17, 15) is 10.0 Å². The summed E-state index contributed by atoms with van der Waals surface area (Å²) in [6, 6.07) is 18.2. The largest absolute Gasteiger partial charge is 0.497 e. The molecule has 1 heterocycles. The van der Waals surface area contributed by atoms with Crippen LogP contribution in [0.1, 0.15) is 23.0 Å². The molecule has 0 unspecified atom stereocenters. The third-order valence-corrected chi connectivity index (χ3v) is 4.18. The average molecular weight is 379 g/mol. The third-order valence-electron chi connectivity index (χ3n) is 4.18. The van der Waals surface area contributed by atoms with Gasteiger partial charge in [0.1, 0.15) is 17.2 Å². The highest BCUT2D eigenvalue weighted by atomic mass is 16.5. The zero-order valence-electron chi connectivity index (χ0n) is 15.7. The van der Waals surface area contributed by atoms with E-state index in [1.807, 2.05) is 54.6 Å². The Morgan fingerprint density at radius 3 is 2.46 bits per heavy atom. The van der Waals surface area contributed by atoms with E-state index in [0.717, 1.165) is 16.9 Å². The van der Waals surface area contributed by atoms with E-state index in [1.165, 1.54) is 4.68 Å². The van der Waals surface area contributed by atoms with Gasteiger partial charge in [0.2, 0.25) is 0 Å². The fourth-order valence-electron chi connectivity index (χ4n) is 2.76. The summed E-state index contributed by atoms with van der Waals surface area (Å²) >= 11 is 0. The number of hydrogen-bond donors (Lipinski definition) is 1. The summed E-state index contributed by atoms with van der Waals surface area (Å²) in [7, 11) is 1.60. The lowest BCUT2D eigenvalue weighted by Gasteiger charge is -2.08. The molecule has 0 saturated carbocycles. The van der Waals surface area contributed by atoms with Crippen molar-refractivity contribution in [3.05, 3.63) is 71.9 Å². The third kappa shape index (κ3) is 4.20.